The number of ether oxygens (including phenoxy) is 3. The van der Waals surface area contributed by atoms with Crippen molar-refractivity contribution >= 4 is 17.9 Å². The van der Waals surface area contributed by atoms with Gasteiger partial charge in [0.15, 0.2) is 5.60 Å². The summed E-state index contributed by atoms with van der Waals surface area (Å²) in [6.45, 7) is 12.1. The fourth-order valence-electron chi connectivity index (χ4n) is 1.96. The van der Waals surface area contributed by atoms with E-state index in [4.69, 9.17) is 14.2 Å². The maximum absolute atomic E-state index is 12.5. The zero-order valence-corrected chi connectivity index (χ0v) is 18.3. The van der Waals surface area contributed by atoms with Crippen molar-refractivity contribution in [3.05, 3.63) is 0 Å². The number of hydrogen-bond donors (Lipinski definition) is 1. The minimum Gasteiger partial charge on any atom is -0.465 e. The fourth-order valence-corrected chi connectivity index (χ4v) is 1.96. The quantitative estimate of drug-likeness (QED) is 0.352. The highest BCUT2D eigenvalue weighted by Gasteiger charge is 2.43. The monoisotopic (exact) mass is 402 g/mol. The van der Waals surface area contributed by atoms with Crippen LogP contribution in [-0.2, 0) is 28.6 Å². The molecule has 7 nitrogen and oxygen atoms in total. The molecule has 28 heavy (non-hydrogen) atoms. The molecule has 0 saturated heterocycles. The highest BCUT2D eigenvalue weighted by Crippen LogP contribution is 2.21. The average Bonchev–Trinajstić information content (AvgIpc) is 2.67. The van der Waals surface area contributed by atoms with Crippen molar-refractivity contribution in [1.29, 1.82) is 0 Å². The molecule has 0 aliphatic heterocycles. The van der Waals surface area contributed by atoms with Gasteiger partial charge in [0, 0.05) is 0 Å². The first kappa shape index (κ1) is 26.4. The fraction of sp³-hybridized carbons (Fsp3) is 0.857. The highest BCUT2D eigenvalue weighted by molar-refractivity contribution is 5.90. The number of aliphatic hydroxyl groups is 1. The summed E-state index contributed by atoms with van der Waals surface area (Å²) in [7, 11) is 0. The van der Waals surface area contributed by atoms with Gasteiger partial charge in [0.2, 0.25) is 0 Å². The summed E-state index contributed by atoms with van der Waals surface area (Å²) in [5.74, 6) is -2.09. The minimum atomic E-state index is -2.30. The molecule has 0 aliphatic rings. The van der Waals surface area contributed by atoms with Crippen LogP contribution in [0.4, 0.5) is 0 Å². The van der Waals surface area contributed by atoms with Gasteiger partial charge in [-0.3, -0.25) is 9.59 Å². The zero-order valence-electron chi connectivity index (χ0n) is 18.3. The Morgan fingerprint density at radius 2 is 1.04 bits per heavy atom. The predicted molar refractivity (Wildman–Crippen MR) is 105 cm³/mol. The summed E-state index contributed by atoms with van der Waals surface area (Å²) >= 11 is 0. The molecule has 3 unspecified atom stereocenters. The molecule has 0 radical (unpaired) electrons. The van der Waals surface area contributed by atoms with Gasteiger partial charge in [-0.1, -0.05) is 60.8 Å². The van der Waals surface area contributed by atoms with Crippen molar-refractivity contribution in [2.75, 3.05) is 19.8 Å². The second-order valence-electron chi connectivity index (χ2n) is 7.89. The highest BCUT2D eigenvalue weighted by atomic mass is 16.6. The molecule has 7 heteroatoms. The topological polar surface area (TPSA) is 99.1 Å². The SMILES string of the molecule is CCC(C)COC(=O)CC(O)(CC(=O)OCC(C)CC)C(=O)OCC(C)CC. The number of hydrogen-bond acceptors (Lipinski definition) is 7. The van der Waals surface area contributed by atoms with Crippen LogP contribution in [0.25, 0.3) is 0 Å². The lowest BCUT2D eigenvalue weighted by atomic mass is 9.95. The van der Waals surface area contributed by atoms with Crippen LogP contribution in [-0.4, -0.2) is 48.4 Å². The van der Waals surface area contributed by atoms with Crippen LogP contribution < -0.4 is 0 Å². The van der Waals surface area contributed by atoms with Crippen LogP contribution in [0, 0.1) is 17.8 Å². The first-order valence-electron chi connectivity index (χ1n) is 10.3. The summed E-state index contributed by atoms with van der Waals surface area (Å²) in [5.41, 5.74) is -2.30. The third kappa shape index (κ3) is 10.6. The second kappa shape index (κ2) is 13.5. The molecule has 0 spiro atoms. The van der Waals surface area contributed by atoms with E-state index in [0.29, 0.717) is 0 Å². The molecular formula is C21H38O7. The van der Waals surface area contributed by atoms with Gasteiger partial charge < -0.3 is 19.3 Å². The van der Waals surface area contributed by atoms with Gasteiger partial charge in [-0.2, -0.15) is 0 Å². The molecule has 0 rings (SSSR count). The number of carbonyl (C=O) groups is 3. The Labute approximate surface area is 169 Å². The Morgan fingerprint density at radius 3 is 1.36 bits per heavy atom. The van der Waals surface area contributed by atoms with Crippen LogP contribution in [0.2, 0.25) is 0 Å². The van der Waals surface area contributed by atoms with E-state index < -0.39 is 36.4 Å². The van der Waals surface area contributed by atoms with E-state index in [1.807, 2.05) is 41.5 Å². The molecule has 1 N–H and O–H groups in total. The van der Waals surface area contributed by atoms with E-state index in [0.717, 1.165) is 19.3 Å². The van der Waals surface area contributed by atoms with E-state index in [1.54, 1.807) is 0 Å². The van der Waals surface area contributed by atoms with E-state index in [-0.39, 0.29) is 37.6 Å². The molecule has 0 heterocycles. The third-order valence-electron chi connectivity index (χ3n) is 4.90. The minimum absolute atomic E-state index is 0.0987. The summed E-state index contributed by atoms with van der Waals surface area (Å²) < 4.78 is 15.4. The van der Waals surface area contributed by atoms with Crippen LogP contribution in [0.5, 0.6) is 0 Å². The lowest BCUT2D eigenvalue weighted by Gasteiger charge is -2.25. The Kier molecular flexibility index (Phi) is 12.7. The van der Waals surface area contributed by atoms with Crippen molar-refractivity contribution < 1.29 is 33.7 Å². The lowest BCUT2D eigenvalue weighted by molar-refractivity contribution is -0.179. The van der Waals surface area contributed by atoms with E-state index in [1.165, 1.54) is 0 Å². The van der Waals surface area contributed by atoms with E-state index in [9.17, 15) is 19.5 Å². The van der Waals surface area contributed by atoms with E-state index in [2.05, 4.69) is 0 Å². The normalized spacial score (nSPS) is 16.4. The van der Waals surface area contributed by atoms with Crippen molar-refractivity contribution in [1.82, 2.24) is 0 Å². The molecule has 3 atom stereocenters. The molecule has 0 aliphatic carbocycles. The van der Waals surface area contributed by atoms with Crippen molar-refractivity contribution in [2.24, 2.45) is 17.8 Å². The van der Waals surface area contributed by atoms with Gasteiger partial charge in [0.1, 0.15) is 0 Å². The Morgan fingerprint density at radius 1 is 0.714 bits per heavy atom. The Bertz CT molecular complexity index is 461. The molecule has 0 aromatic rings. The van der Waals surface area contributed by atoms with Crippen molar-refractivity contribution in [3.63, 3.8) is 0 Å². The van der Waals surface area contributed by atoms with Crippen LogP contribution >= 0.6 is 0 Å². The zero-order chi connectivity index (χ0) is 21.7. The van der Waals surface area contributed by atoms with Crippen LogP contribution in [0.3, 0.4) is 0 Å². The standard InChI is InChI=1S/C21H38O7/c1-7-15(4)12-26-18(22)10-21(25,20(24)28-14-17(6)9-3)11-19(23)27-13-16(5)8-2/h15-17,25H,7-14H2,1-6H3. The summed E-state index contributed by atoms with van der Waals surface area (Å²) in [6.07, 6.45) is 1.15. The smallest absolute Gasteiger partial charge is 0.339 e. The maximum atomic E-state index is 12.5. The van der Waals surface area contributed by atoms with Crippen LogP contribution in [0.15, 0.2) is 0 Å². The number of carbonyl (C=O) groups excluding carboxylic acids is 3. The van der Waals surface area contributed by atoms with Crippen molar-refractivity contribution in [2.45, 2.75) is 79.2 Å². The number of esters is 3. The van der Waals surface area contributed by atoms with Crippen LogP contribution in [0.1, 0.15) is 73.6 Å². The van der Waals surface area contributed by atoms with Gasteiger partial charge in [-0.15, -0.1) is 0 Å². The maximum Gasteiger partial charge on any atom is 0.339 e. The number of rotatable bonds is 14. The lowest BCUT2D eigenvalue weighted by Crippen LogP contribution is -2.45. The summed E-state index contributed by atoms with van der Waals surface area (Å²) in [5, 5.41) is 10.8. The molecule has 0 aromatic heterocycles. The molecule has 164 valence electrons. The van der Waals surface area contributed by atoms with E-state index >= 15 is 0 Å². The third-order valence-corrected chi connectivity index (χ3v) is 4.90. The first-order chi connectivity index (χ1) is 13.1. The molecule has 0 amide bonds. The predicted octanol–water partition coefficient (Wildman–Crippen LogP) is 3.27. The van der Waals surface area contributed by atoms with Gasteiger partial charge in [-0.05, 0) is 17.8 Å². The largest absolute Gasteiger partial charge is 0.465 e. The summed E-state index contributed by atoms with van der Waals surface area (Å²) in [6, 6.07) is 0. The van der Waals surface area contributed by atoms with Crippen molar-refractivity contribution in [3.8, 4) is 0 Å². The van der Waals surface area contributed by atoms with Gasteiger partial charge >= 0.3 is 17.9 Å². The molecular weight excluding hydrogens is 364 g/mol. The Balaban J connectivity index is 5.04. The molecule has 0 aromatic carbocycles. The second-order valence-corrected chi connectivity index (χ2v) is 7.89. The molecule has 0 saturated carbocycles. The van der Waals surface area contributed by atoms with Gasteiger partial charge in [0.25, 0.3) is 0 Å². The Hall–Kier alpha value is -1.63. The average molecular weight is 403 g/mol. The molecule has 0 fully saturated rings. The molecule has 0 bridgehead atoms. The first-order valence-corrected chi connectivity index (χ1v) is 10.3. The summed E-state index contributed by atoms with van der Waals surface area (Å²) in [4.78, 5) is 36.7. The van der Waals surface area contributed by atoms with Gasteiger partial charge in [-0.25, -0.2) is 4.79 Å². The van der Waals surface area contributed by atoms with Gasteiger partial charge in [0.05, 0.1) is 32.7 Å².